The molecule has 0 aromatic carbocycles. The molecule has 7 heteroatoms. The zero-order chi connectivity index (χ0) is 17.1. The molecule has 3 aliphatic rings. The van der Waals surface area contributed by atoms with E-state index in [1.54, 1.807) is 0 Å². The van der Waals surface area contributed by atoms with Crippen molar-refractivity contribution in [2.24, 2.45) is 0 Å². The Kier molecular flexibility index (Phi) is 5.31. The van der Waals surface area contributed by atoms with Gasteiger partial charge in [0.25, 0.3) is 0 Å². The summed E-state index contributed by atoms with van der Waals surface area (Å²) >= 11 is 0. The van der Waals surface area contributed by atoms with E-state index in [0.717, 1.165) is 51.5 Å². The lowest BCUT2D eigenvalue weighted by molar-refractivity contribution is -0.130. The first-order valence-corrected chi connectivity index (χ1v) is 9.84. The van der Waals surface area contributed by atoms with Crippen LogP contribution >= 0.6 is 0 Å². The van der Waals surface area contributed by atoms with Crippen molar-refractivity contribution in [2.75, 3.05) is 39.3 Å². The van der Waals surface area contributed by atoms with E-state index in [0.29, 0.717) is 30.7 Å². The summed E-state index contributed by atoms with van der Waals surface area (Å²) in [5, 5.41) is 7.51. The van der Waals surface area contributed by atoms with E-state index in [2.05, 4.69) is 20.4 Å². The Balaban J connectivity index is 1.24. The fourth-order valence-electron chi connectivity index (χ4n) is 4.41. The zero-order valence-electron chi connectivity index (χ0n) is 15.0. The van der Waals surface area contributed by atoms with Crippen molar-refractivity contribution in [1.29, 1.82) is 0 Å². The molecule has 1 atom stereocenters. The molecule has 0 radical (unpaired) electrons. The number of nitrogens with one attached hydrogen (secondary N) is 1. The zero-order valence-corrected chi connectivity index (χ0v) is 15.0. The Morgan fingerprint density at radius 2 is 1.96 bits per heavy atom. The highest BCUT2D eigenvalue weighted by Gasteiger charge is 2.31. The van der Waals surface area contributed by atoms with Crippen LogP contribution < -0.4 is 5.32 Å². The molecular weight excluding hydrogens is 318 g/mol. The number of likely N-dealkylation sites (tertiary alicyclic amines) is 1. The van der Waals surface area contributed by atoms with Gasteiger partial charge < -0.3 is 14.7 Å². The molecule has 1 unspecified atom stereocenters. The molecule has 0 bridgehead atoms. The number of carbonyl (C=O) groups is 1. The molecule has 2 saturated heterocycles. The SMILES string of the molecule is O=C(CCc1nc(C2CCCC2)no1)N1CCC(N2CCNCC2)C1. The van der Waals surface area contributed by atoms with E-state index in [1.165, 1.54) is 25.7 Å². The minimum absolute atomic E-state index is 0.221. The van der Waals surface area contributed by atoms with Crippen LogP contribution in [-0.4, -0.2) is 71.2 Å². The first-order chi connectivity index (χ1) is 12.3. The fraction of sp³-hybridized carbons (Fsp3) is 0.833. The average Bonchev–Trinajstić information content (AvgIpc) is 3.41. The number of amides is 1. The summed E-state index contributed by atoms with van der Waals surface area (Å²) in [6.07, 6.45) is 6.98. The van der Waals surface area contributed by atoms with Crippen molar-refractivity contribution < 1.29 is 9.32 Å². The van der Waals surface area contributed by atoms with Crippen molar-refractivity contribution in [1.82, 2.24) is 25.3 Å². The second-order valence-electron chi connectivity index (χ2n) is 7.60. The van der Waals surface area contributed by atoms with E-state index in [9.17, 15) is 4.79 Å². The summed E-state index contributed by atoms with van der Waals surface area (Å²) in [5.74, 6) is 2.15. The Labute approximate surface area is 149 Å². The minimum Gasteiger partial charge on any atom is -0.341 e. The van der Waals surface area contributed by atoms with Crippen LogP contribution in [0.2, 0.25) is 0 Å². The van der Waals surface area contributed by atoms with Gasteiger partial charge in [0.1, 0.15) is 0 Å². The van der Waals surface area contributed by atoms with Gasteiger partial charge in [0.2, 0.25) is 11.8 Å². The van der Waals surface area contributed by atoms with Gasteiger partial charge in [0, 0.05) is 64.1 Å². The number of hydrogen-bond donors (Lipinski definition) is 1. The normalized spacial score (nSPS) is 25.8. The number of hydrogen-bond acceptors (Lipinski definition) is 6. The highest BCUT2D eigenvalue weighted by molar-refractivity contribution is 5.76. The molecule has 1 amide bonds. The van der Waals surface area contributed by atoms with Gasteiger partial charge in [-0.3, -0.25) is 9.69 Å². The number of piperazine rings is 1. The summed E-state index contributed by atoms with van der Waals surface area (Å²) in [4.78, 5) is 21.6. The van der Waals surface area contributed by atoms with Crippen LogP contribution in [0.4, 0.5) is 0 Å². The number of aryl methyl sites for hydroxylation is 1. The molecule has 3 heterocycles. The molecule has 3 fully saturated rings. The summed E-state index contributed by atoms with van der Waals surface area (Å²) in [7, 11) is 0. The molecule has 0 spiro atoms. The predicted octanol–water partition coefficient (Wildman–Crippen LogP) is 1.17. The Morgan fingerprint density at radius 1 is 1.16 bits per heavy atom. The number of aromatic nitrogens is 2. The topological polar surface area (TPSA) is 74.5 Å². The third-order valence-corrected chi connectivity index (χ3v) is 5.94. The molecule has 1 aromatic rings. The second-order valence-corrected chi connectivity index (χ2v) is 7.60. The van der Waals surface area contributed by atoms with Gasteiger partial charge in [0.05, 0.1) is 0 Å². The number of carbonyl (C=O) groups excluding carboxylic acids is 1. The monoisotopic (exact) mass is 347 g/mol. The summed E-state index contributed by atoms with van der Waals surface area (Å²) < 4.78 is 5.36. The first-order valence-electron chi connectivity index (χ1n) is 9.84. The summed E-state index contributed by atoms with van der Waals surface area (Å²) in [6.45, 7) is 6.06. The van der Waals surface area contributed by atoms with Crippen LogP contribution in [0, 0.1) is 0 Å². The standard InChI is InChI=1S/C18H29N5O2/c24-17(23-10-7-15(13-23)22-11-8-19-9-12-22)6-5-16-20-18(21-25-16)14-3-1-2-4-14/h14-15,19H,1-13H2. The molecule has 1 N–H and O–H groups in total. The van der Waals surface area contributed by atoms with Crippen molar-refractivity contribution in [2.45, 2.75) is 56.9 Å². The van der Waals surface area contributed by atoms with Crippen LogP contribution in [0.25, 0.3) is 0 Å². The summed E-state index contributed by atoms with van der Waals surface area (Å²) in [5.41, 5.74) is 0. The van der Waals surface area contributed by atoms with E-state index in [4.69, 9.17) is 4.52 Å². The van der Waals surface area contributed by atoms with Gasteiger partial charge in [-0.1, -0.05) is 18.0 Å². The third-order valence-electron chi connectivity index (χ3n) is 5.94. The lowest BCUT2D eigenvalue weighted by Gasteiger charge is -2.32. The maximum atomic E-state index is 12.5. The highest BCUT2D eigenvalue weighted by atomic mass is 16.5. The maximum absolute atomic E-state index is 12.5. The molecule has 2 aliphatic heterocycles. The number of rotatable bonds is 5. The van der Waals surface area contributed by atoms with Crippen LogP contribution in [0.3, 0.4) is 0 Å². The van der Waals surface area contributed by atoms with E-state index < -0.39 is 0 Å². The quantitative estimate of drug-likeness (QED) is 0.862. The lowest BCUT2D eigenvalue weighted by atomic mass is 10.1. The van der Waals surface area contributed by atoms with E-state index in [-0.39, 0.29) is 5.91 Å². The molecule has 1 saturated carbocycles. The predicted molar refractivity (Wildman–Crippen MR) is 93.3 cm³/mol. The lowest BCUT2D eigenvalue weighted by Crippen LogP contribution is -2.49. The van der Waals surface area contributed by atoms with Gasteiger partial charge >= 0.3 is 0 Å². The van der Waals surface area contributed by atoms with Crippen LogP contribution in [0.15, 0.2) is 4.52 Å². The van der Waals surface area contributed by atoms with Gasteiger partial charge in [-0.05, 0) is 19.3 Å². The third kappa shape index (κ3) is 4.03. The summed E-state index contributed by atoms with van der Waals surface area (Å²) in [6, 6.07) is 0.531. The van der Waals surface area contributed by atoms with Crippen molar-refractivity contribution in [3.05, 3.63) is 11.7 Å². The Bertz CT molecular complexity index is 578. The smallest absolute Gasteiger partial charge is 0.227 e. The largest absolute Gasteiger partial charge is 0.341 e. The van der Waals surface area contributed by atoms with Crippen molar-refractivity contribution in [3.63, 3.8) is 0 Å². The highest BCUT2D eigenvalue weighted by Crippen LogP contribution is 2.32. The van der Waals surface area contributed by atoms with E-state index in [1.807, 2.05) is 4.90 Å². The van der Waals surface area contributed by atoms with Crippen LogP contribution in [0.5, 0.6) is 0 Å². The van der Waals surface area contributed by atoms with Crippen molar-refractivity contribution >= 4 is 5.91 Å². The van der Waals surface area contributed by atoms with E-state index >= 15 is 0 Å². The molecule has 4 rings (SSSR count). The average molecular weight is 347 g/mol. The Morgan fingerprint density at radius 3 is 2.76 bits per heavy atom. The van der Waals surface area contributed by atoms with Gasteiger partial charge in [-0.2, -0.15) is 4.98 Å². The maximum Gasteiger partial charge on any atom is 0.227 e. The molecular formula is C18H29N5O2. The van der Waals surface area contributed by atoms with Crippen molar-refractivity contribution in [3.8, 4) is 0 Å². The van der Waals surface area contributed by atoms with Crippen LogP contribution in [-0.2, 0) is 11.2 Å². The second kappa shape index (κ2) is 7.83. The minimum atomic E-state index is 0.221. The molecule has 25 heavy (non-hydrogen) atoms. The molecule has 138 valence electrons. The Hall–Kier alpha value is -1.47. The van der Waals surface area contributed by atoms with Gasteiger partial charge in [-0.15, -0.1) is 0 Å². The number of nitrogens with zero attached hydrogens (tertiary/aromatic N) is 4. The van der Waals surface area contributed by atoms with Gasteiger partial charge in [-0.25, -0.2) is 0 Å². The van der Waals surface area contributed by atoms with Crippen LogP contribution in [0.1, 0.15) is 56.2 Å². The molecule has 1 aromatic heterocycles. The fourth-order valence-corrected chi connectivity index (χ4v) is 4.41. The molecule has 1 aliphatic carbocycles. The molecule has 7 nitrogen and oxygen atoms in total. The van der Waals surface area contributed by atoms with Gasteiger partial charge in [0.15, 0.2) is 5.82 Å². The first kappa shape index (κ1) is 17.0.